The summed E-state index contributed by atoms with van der Waals surface area (Å²) in [6.45, 7) is 5.19. The minimum absolute atomic E-state index is 0.00917. The van der Waals surface area contributed by atoms with Crippen molar-refractivity contribution >= 4 is 21.9 Å². The predicted molar refractivity (Wildman–Crippen MR) is 97.3 cm³/mol. The molecular formula is C18H26N2O5S. The topological polar surface area (TPSA) is 102 Å². The molecule has 144 valence electrons. The lowest BCUT2D eigenvalue weighted by molar-refractivity contribution is -0.124. The van der Waals surface area contributed by atoms with Crippen molar-refractivity contribution in [2.24, 2.45) is 0 Å². The van der Waals surface area contributed by atoms with Crippen LogP contribution >= 0.6 is 0 Å². The molecule has 1 saturated carbocycles. The standard InChI is InChI=1S/C18H26N2O5S/c1-4-5-13(3)19-17(21)11-25-18(22)16-10-15(9-6-12(16)2)26(23,24)20-14-7-8-14/h6,9-10,13-14,20H,4-5,7-8,11H2,1-3H3,(H,19,21). The maximum absolute atomic E-state index is 12.3. The molecule has 26 heavy (non-hydrogen) atoms. The van der Waals surface area contributed by atoms with E-state index in [0.717, 1.165) is 25.7 Å². The van der Waals surface area contributed by atoms with Crippen LogP contribution in [0.2, 0.25) is 0 Å². The minimum Gasteiger partial charge on any atom is -0.452 e. The van der Waals surface area contributed by atoms with Crippen LogP contribution in [0, 0.1) is 6.92 Å². The van der Waals surface area contributed by atoms with E-state index in [1.165, 1.54) is 12.1 Å². The van der Waals surface area contributed by atoms with E-state index in [9.17, 15) is 18.0 Å². The average molecular weight is 382 g/mol. The summed E-state index contributed by atoms with van der Waals surface area (Å²) in [5.74, 6) is -1.10. The highest BCUT2D eigenvalue weighted by Gasteiger charge is 2.28. The lowest BCUT2D eigenvalue weighted by Gasteiger charge is -2.13. The Morgan fingerprint density at radius 1 is 1.31 bits per heavy atom. The number of aryl methyl sites for hydroxylation is 1. The van der Waals surface area contributed by atoms with Crippen molar-refractivity contribution in [3.8, 4) is 0 Å². The third-order valence-electron chi connectivity index (χ3n) is 4.10. The van der Waals surface area contributed by atoms with Crippen molar-refractivity contribution in [1.29, 1.82) is 0 Å². The Kier molecular flexibility index (Phi) is 6.77. The molecule has 7 nitrogen and oxygen atoms in total. The quantitative estimate of drug-likeness (QED) is 0.635. The van der Waals surface area contributed by atoms with Crippen LogP contribution in [0.25, 0.3) is 0 Å². The van der Waals surface area contributed by atoms with Crippen LogP contribution in [0.3, 0.4) is 0 Å². The average Bonchev–Trinajstić information content (AvgIpc) is 3.36. The molecule has 0 spiro atoms. The number of benzene rings is 1. The molecule has 1 unspecified atom stereocenters. The van der Waals surface area contributed by atoms with Crippen molar-refractivity contribution in [3.05, 3.63) is 29.3 Å². The molecule has 2 rings (SSSR count). The van der Waals surface area contributed by atoms with Gasteiger partial charge in [-0.2, -0.15) is 0 Å². The van der Waals surface area contributed by atoms with Gasteiger partial charge in [-0.25, -0.2) is 17.9 Å². The largest absolute Gasteiger partial charge is 0.452 e. The molecular weight excluding hydrogens is 356 g/mol. The van der Waals surface area contributed by atoms with Gasteiger partial charge >= 0.3 is 5.97 Å². The molecule has 1 fully saturated rings. The number of amides is 1. The van der Waals surface area contributed by atoms with E-state index >= 15 is 0 Å². The van der Waals surface area contributed by atoms with E-state index in [1.54, 1.807) is 13.0 Å². The molecule has 1 amide bonds. The van der Waals surface area contributed by atoms with Crippen molar-refractivity contribution in [3.63, 3.8) is 0 Å². The van der Waals surface area contributed by atoms with E-state index in [4.69, 9.17) is 4.74 Å². The second kappa shape index (κ2) is 8.64. The van der Waals surface area contributed by atoms with Crippen LogP contribution in [0.5, 0.6) is 0 Å². The number of carbonyl (C=O) groups is 2. The predicted octanol–water partition coefficient (Wildman–Crippen LogP) is 1.90. The molecule has 0 radical (unpaired) electrons. The van der Waals surface area contributed by atoms with Gasteiger partial charge in [-0.05, 0) is 50.8 Å². The number of rotatable bonds is 9. The normalized spacial score (nSPS) is 15.3. The molecule has 1 aromatic rings. The fourth-order valence-corrected chi connectivity index (χ4v) is 3.84. The van der Waals surface area contributed by atoms with Gasteiger partial charge in [0.1, 0.15) is 0 Å². The van der Waals surface area contributed by atoms with E-state index in [-0.39, 0.29) is 28.4 Å². The molecule has 0 heterocycles. The molecule has 8 heteroatoms. The van der Waals surface area contributed by atoms with Gasteiger partial charge in [-0.15, -0.1) is 0 Å². The summed E-state index contributed by atoms with van der Waals surface area (Å²) >= 11 is 0. The van der Waals surface area contributed by atoms with Crippen LogP contribution in [-0.2, 0) is 19.6 Å². The monoisotopic (exact) mass is 382 g/mol. The number of hydrogen-bond acceptors (Lipinski definition) is 5. The first-order chi connectivity index (χ1) is 12.2. The Morgan fingerprint density at radius 2 is 2.00 bits per heavy atom. The Bertz CT molecular complexity index is 772. The number of sulfonamides is 1. The van der Waals surface area contributed by atoms with Gasteiger partial charge in [-0.3, -0.25) is 4.79 Å². The fraction of sp³-hybridized carbons (Fsp3) is 0.556. The second-order valence-corrected chi connectivity index (χ2v) is 8.42. The minimum atomic E-state index is -3.66. The van der Waals surface area contributed by atoms with E-state index in [1.807, 2.05) is 13.8 Å². The molecule has 0 aliphatic heterocycles. The Hall–Kier alpha value is -1.93. The maximum atomic E-state index is 12.3. The zero-order chi connectivity index (χ0) is 19.3. The van der Waals surface area contributed by atoms with Crippen molar-refractivity contribution in [2.75, 3.05) is 6.61 Å². The van der Waals surface area contributed by atoms with Gasteiger partial charge in [0.2, 0.25) is 10.0 Å². The fourth-order valence-electron chi connectivity index (χ4n) is 2.51. The van der Waals surface area contributed by atoms with Gasteiger partial charge in [0.15, 0.2) is 6.61 Å². The van der Waals surface area contributed by atoms with E-state index in [0.29, 0.717) is 5.56 Å². The number of carbonyl (C=O) groups excluding carboxylic acids is 2. The number of esters is 1. The molecule has 1 atom stereocenters. The number of nitrogens with one attached hydrogen (secondary N) is 2. The molecule has 1 aromatic carbocycles. The Balaban J connectivity index is 2.01. The molecule has 0 bridgehead atoms. The highest BCUT2D eigenvalue weighted by atomic mass is 32.2. The van der Waals surface area contributed by atoms with Crippen LogP contribution in [0.1, 0.15) is 55.5 Å². The zero-order valence-electron chi connectivity index (χ0n) is 15.4. The SMILES string of the molecule is CCCC(C)NC(=O)COC(=O)c1cc(S(=O)(=O)NC2CC2)ccc1C. The lowest BCUT2D eigenvalue weighted by Crippen LogP contribution is -2.35. The van der Waals surface area contributed by atoms with Gasteiger partial charge in [0, 0.05) is 12.1 Å². The third kappa shape index (κ3) is 5.81. The van der Waals surface area contributed by atoms with Gasteiger partial charge < -0.3 is 10.1 Å². The summed E-state index contributed by atoms with van der Waals surface area (Å²) in [5, 5.41) is 2.74. The first-order valence-corrected chi connectivity index (χ1v) is 10.3. The first kappa shape index (κ1) is 20.4. The van der Waals surface area contributed by atoms with Gasteiger partial charge in [-0.1, -0.05) is 19.4 Å². The van der Waals surface area contributed by atoms with Crippen LogP contribution < -0.4 is 10.0 Å². The molecule has 1 aliphatic rings. The Labute approximate surface area is 154 Å². The van der Waals surface area contributed by atoms with Gasteiger partial charge in [0.25, 0.3) is 5.91 Å². The van der Waals surface area contributed by atoms with Crippen molar-refractivity contribution < 1.29 is 22.7 Å². The molecule has 0 aromatic heterocycles. The Morgan fingerprint density at radius 3 is 2.62 bits per heavy atom. The van der Waals surface area contributed by atoms with Gasteiger partial charge in [0.05, 0.1) is 10.5 Å². The van der Waals surface area contributed by atoms with E-state index in [2.05, 4.69) is 10.0 Å². The summed E-state index contributed by atoms with van der Waals surface area (Å²) in [7, 11) is -3.66. The number of ether oxygens (including phenoxy) is 1. The van der Waals surface area contributed by atoms with Crippen LogP contribution in [0.15, 0.2) is 23.1 Å². The summed E-state index contributed by atoms with van der Waals surface area (Å²) in [6, 6.07) is 4.29. The zero-order valence-corrected chi connectivity index (χ0v) is 16.2. The number of hydrogen-bond donors (Lipinski definition) is 2. The summed E-state index contributed by atoms with van der Waals surface area (Å²) in [6.07, 6.45) is 3.43. The second-order valence-electron chi connectivity index (χ2n) is 6.71. The first-order valence-electron chi connectivity index (χ1n) is 8.82. The smallest absolute Gasteiger partial charge is 0.338 e. The highest BCUT2D eigenvalue weighted by molar-refractivity contribution is 7.89. The third-order valence-corrected chi connectivity index (χ3v) is 5.62. The molecule has 2 N–H and O–H groups in total. The summed E-state index contributed by atoms with van der Waals surface area (Å²) < 4.78 is 32.2. The van der Waals surface area contributed by atoms with E-state index < -0.39 is 22.6 Å². The highest BCUT2D eigenvalue weighted by Crippen LogP contribution is 2.23. The molecule has 1 aliphatic carbocycles. The maximum Gasteiger partial charge on any atom is 0.338 e. The van der Waals surface area contributed by atoms with Crippen molar-refractivity contribution in [2.45, 2.75) is 63.4 Å². The molecule has 0 saturated heterocycles. The van der Waals surface area contributed by atoms with Crippen LogP contribution in [-0.4, -0.2) is 39.0 Å². The summed E-state index contributed by atoms with van der Waals surface area (Å²) in [5.41, 5.74) is 0.721. The van der Waals surface area contributed by atoms with Crippen molar-refractivity contribution in [1.82, 2.24) is 10.0 Å². The lowest BCUT2D eigenvalue weighted by atomic mass is 10.1. The summed E-state index contributed by atoms with van der Waals surface area (Å²) in [4.78, 5) is 24.1. The van der Waals surface area contributed by atoms with Crippen LogP contribution in [0.4, 0.5) is 0 Å².